The highest BCUT2D eigenvalue weighted by Crippen LogP contribution is 2.29. The lowest BCUT2D eigenvalue weighted by molar-refractivity contribution is -0.0643. The van der Waals surface area contributed by atoms with Crippen LogP contribution >= 0.6 is 0 Å². The molecule has 0 spiro atoms. The molecule has 1 fully saturated rings. The second-order valence-electron chi connectivity index (χ2n) is 6.68. The molecule has 2 aliphatic heterocycles. The van der Waals surface area contributed by atoms with Gasteiger partial charge in [-0.1, -0.05) is 24.3 Å². The monoisotopic (exact) mass is 274 g/mol. The van der Waals surface area contributed by atoms with E-state index in [2.05, 4.69) is 48.7 Å². The minimum absolute atomic E-state index is 0.0123. The first-order valence-corrected chi connectivity index (χ1v) is 7.83. The van der Waals surface area contributed by atoms with E-state index in [0.717, 1.165) is 39.0 Å². The molecule has 110 valence electrons. The van der Waals surface area contributed by atoms with E-state index in [0.29, 0.717) is 12.1 Å². The van der Waals surface area contributed by atoms with Gasteiger partial charge in [0.2, 0.25) is 0 Å². The minimum Gasteiger partial charge on any atom is -0.375 e. The Hall–Kier alpha value is -0.900. The van der Waals surface area contributed by atoms with E-state index in [1.54, 1.807) is 0 Å². The molecule has 0 amide bonds. The molecule has 2 unspecified atom stereocenters. The Bertz CT molecular complexity index is 458. The predicted octanol–water partition coefficient (Wildman–Crippen LogP) is 2.77. The molecule has 3 nitrogen and oxygen atoms in total. The molecule has 2 N–H and O–H groups in total. The highest BCUT2D eigenvalue weighted by atomic mass is 16.5. The number of fused-ring (bicyclic) bond motifs is 1. The number of ether oxygens (including phenoxy) is 1. The maximum Gasteiger partial charge on any atom is 0.0641 e. The van der Waals surface area contributed by atoms with Crippen molar-refractivity contribution in [3.63, 3.8) is 0 Å². The second-order valence-corrected chi connectivity index (χ2v) is 6.68. The first-order chi connectivity index (χ1) is 9.64. The zero-order chi connectivity index (χ0) is 14.0. The van der Waals surface area contributed by atoms with Gasteiger partial charge < -0.3 is 15.4 Å². The van der Waals surface area contributed by atoms with Crippen LogP contribution in [-0.2, 0) is 11.3 Å². The van der Waals surface area contributed by atoms with E-state index in [4.69, 9.17) is 4.74 Å². The van der Waals surface area contributed by atoms with Crippen LogP contribution in [0.5, 0.6) is 0 Å². The summed E-state index contributed by atoms with van der Waals surface area (Å²) in [5.41, 5.74) is 2.92. The van der Waals surface area contributed by atoms with Gasteiger partial charge in [0.05, 0.1) is 5.60 Å². The summed E-state index contributed by atoms with van der Waals surface area (Å²) in [7, 11) is 0. The highest BCUT2D eigenvalue weighted by Gasteiger charge is 2.30. The van der Waals surface area contributed by atoms with Crippen LogP contribution in [0.4, 0.5) is 0 Å². The molecule has 2 atom stereocenters. The van der Waals surface area contributed by atoms with Gasteiger partial charge in [0, 0.05) is 25.2 Å². The maximum atomic E-state index is 5.83. The lowest BCUT2D eigenvalue weighted by Crippen LogP contribution is -2.45. The molecular formula is C17H26N2O. The first-order valence-electron chi connectivity index (χ1n) is 7.83. The largest absolute Gasteiger partial charge is 0.375 e. The SMILES string of the molecule is CC1(C)CC(NC2CCNCc3ccccc32)CCO1. The van der Waals surface area contributed by atoms with E-state index in [9.17, 15) is 0 Å². The number of nitrogens with one attached hydrogen (secondary N) is 2. The van der Waals surface area contributed by atoms with Gasteiger partial charge in [-0.3, -0.25) is 0 Å². The zero-order valence-electron chi connectivity index (χ0n) is 12.6. The molecule has 20 heavy (non-hydrogen) atoms. The van der Waals surface area contributed by atoms with E-state index >= 15 is 0 Å². The van der Waals surface area contributed by atoms with Crippen molar-refractivity contribution in [1.82, 2.24) is 10.6 Å². The van der Waals surface area contributed by atoms with Gasteiger partial charge >= 0.3 is 0 Å². The maximum absolute atomic E-state index is 5.83. The van der Waals surface area contributed by atoms with Crippen LogP contribution in [0.1, 0.15) is 50.3 Å². The van der Waals surface area contributed by atoms with Gasteiger partial charge in [-0.15, -0.1) is 0 Å². The van der Waals surface area contributed by atoms with Crippen LogP contribution in [0.25, 0.3) is 0 Å². The Labute approximate surface area is 122 Å². The molecule has 2 heterocycles. The van der Waals surface area contributed by atoms with Crippen molar-refractivity contribution >= 4 is 0 Å². The van der Waals surface area contributed by atoms with Crippen molar-refractivity contribution in [2.24, 2.45) is 0 Å². The molecule has 0 saturated carbocycles. The van der Waals surface area contributed by atoms with E-state index < -0.39 is 0 Å². The molecule has 3 heteroatoms. The van der Waals surface area contributed by atoms with Crippen molar-refractivity contribution in [3.8, 4) is 0 Å². The fourth-order valence-corrected chi connectivity index (χ4v) is 3.49. The quantitative estimate of drug-likeness (QED) is 0.870. The van der Waals surface area contributed by atoms with Gasteiger partial charge in [0.15, 0.2) is 0 Å². The number of rotatable bonds is 2. The fourth-order valence-electron chi connectivity index (χ4n) is 3.49. The van der Waals surface area contributed by atoms with Gasteiger partial charge in [-0.2, -0.15) is 0 Å². The third kappa shape index (κ3) is 3.22. The number of hydrogen-bond donors (Lipinski definition) is 2. The summed E-state index contributed by atoms with van der Waals surface area (Å²) in [5.74, 6) is 0. The molecule has 0 aliphatic carbocycles. The standard InChI is InChI=1S/C17H26N2O/c1-17(2)11-14(8-10-20-17)19-16-7-9-18-12-13-5-3-4-6-15(13)16/h3-6,14,16,18-19H,7-12H2,1-2H3. The van der Waals surface area contributed by atoms with Crippen LogP contribution in [0.15, 0.2) is 24.3 Å². The Kier molecular flexibility index (Phi) is 4.11. The topological polar surface area (TPSA) is 33.3 Å². The fraction of sp³-hybridized carbons (Fsp3) is 0.647. The van der Waals surface area contributed by atoms with Crippen LogP contribution in [0, 0.1) is 0 Å². The van der Waals surface area contributed by atoms with Gasteiger partial charge in [-0.25, -0.2) is 0 Å². The van der Waals surface area contributed by atoms with Gasteiger partial charge in [0.25, 0.3) is 0 Å². The van der Waals surface area contributed by atoms with E-state index in [1.807, 2.05) is 0 Å². The van der Waals surface area contributed by atoms with Crippen molar-refractivity contribution < 1.29 is 4.74 Å². The van der Waals surface area contributed by atoms with Crippen molar-refractivity contribution in [2.75, 3.05) is 13.2 Å². The van der Waals surface area contributed by atoms with E-state index in [-0.39, 0.29) is 5.60 Å². The normalized spacial score (nSPS) is 29.5. The van der Waals surface area contributed by atoms with Crippen molar-refractivity contribution in [2.45, 2.75) is 57.3 Å². The number of benzene rings is 1. The second kappa shape index (κ2) is 5.84. The zero-order valence-corrected chi connectivity index (χ0v) is 12.6. The van der Waals surface area contributed by atoms with Gasteiger partial charge in [0.1, 0.15) is 0 Å². The Morgan fingerprint density at radius 3 is 2.95 bits per heavy atom. The summed E-state index contributed by atoms with van der Waals surface area (Å²) < 4.78 is 5.83. The Morgan fingerprint density at radius 2 is 2.10 bits per heavy atom. The van der Waals surface area contributed by atoms with Crippen LogP contribution < -0.4 is 10.6 Å². The summed E-state index contributed by atoms with van der Waals surface area (Å²) in [5, 5.41) is 7.41. The summed E-state index contributed by atoms with van der Waals surface area (Å²) in [6.45, 7) is 7.34. The Morgan fingerprint density at radius 1 is 1.25 bits per heavy atom. The Balaban J connectivity index is 1.73. The van der Waals surface area contributed by atoms with E-state index in [1.165, 1.54) is 11.1 Å². The third-order valence-corrected chi connectivity index (χ3v) is 4.49. The lowest BCUT2D eigenvalue weighted by Gasteiger charge is -2.37. The molecule has 3 rings (SSSR count). The summed E-state index contributed by atoms with van der Waals surface area (Å²) in [6.07, 6.45) is 3.38. The summed E-state index contributed by atoms with van der Waals surface area (Å²) in [6, 6.07) is 9.86. The average molecular weight is 274 g/mol. The predicted molar refractivity (Wildman–Crippen MR) is 81.7 cm³/mol. The molecule has 0 bridgehead atoms. The molecule has 0 radical (unpaired) electrons. The molecule has 0 aromatic heterocycles. The molecule has 1 aromatic carbocycles. The summed E-state index contributed by atoms with van der Waals surface area (Å²) >= 11 is 0. The van der Waals surface area contributed by atoms with Crippen molar-refractivity contribution in [1.29, 1.82) is 0 Å². The summed E-state index contributed by atoms with van der Waals surface area (Å²) in [4.78, 5) is 0. The lowest BCUT2D eigenvalue weighted by atomic mass is 9.91. The number of hydrogen-bond acceptors (Lipinski definition) is 3. The molecule has 2 aliphatic rings. The smallest absolute Gasteiger partial charge is 0.0641 e. The molecular weight excluding hydrogens is 248 g/mol. The molecule has 1 saturated heterocycles. The first kappa shape index (κ1) is 14.1. The molecule has 1 aromatic rings. The van der Waals surface area contributed by atoms with Crippen LogP contribution in [0.2, 0.25) is 0 Å². The average Bonchev–Trinajstić information content (AvgIpc) is 2.61. The van der Waals surface area contributed by atoms with Crippen LogP contribution in [0.3, 0.4) is 0 Å². The van der Waals surface area contributed by atoms with Crippen molar-refractivity contribution in [3.05, 3.63) is 35.4 Å². The van der Waals surface area contributed by atoms with Crippen LogP contribution in [-0.4, -0.2) is 24.8 Å². The third-order valence-electron chi connectivity index (χ3n) is 4.49. The minimum atomic E-state index is 0.0123. The van der Waals surface area contributed by atoms with Gasteiger partial charge in [-0.05, 0) is 50.8 Å². The highest BCUT2D eigenvalue weighted by molar-refractivity contribution is 5.31.